The third kappa shape index (κ3) is 5.79. The van der Waals surface area contributed by atoms with Crippen molar-refractivity contribution in [2.45, 2.75) is 39.5 Å². The van der Waals surface area contributed by atoms with E-state index >= 15 is 0 Å². The quantitative estimate of drug-likeness (QED) is 0.701. The van der Waals surface area contributed by atoms with Gasteiger partial charge in [-0.2, -0.15) is 13.2 Å². The molecule has 4 nitrogen and oxygen atoms in total. The molecule has 0 saturated heterocycles. The molecule has 0 aliphatic carbocycles. The number of hydrogen-bond donors (Lipinski definition) is 2. The Labute approximate surface area is 166 Å². The molecular weight excluding hydrogens is 388 g/mol. The molecule has 1 atom stereocenters. The highest BCUT2D eigenvalue weighted by Gasteiger charge is 2.34. The van der Waals surface area contributed by atoms with Crippen LogP contribution in [0.25, 0.3) is 0 Å². The Morgan fingerprint density at radius 1 is 1.07 bits per heavy atom. The number of hydrogen-bond acceptors (Lipinski definition) is 2. The number of nitrogens with one attached hydrogen (secondary N) is 2. The third-order valence-corrected chi connectivity index (χ3v) is 4.46. The summed E-state index contributed by atoms with van der Waals surface area (Å²) in [6.07, 6.45) is -4.75. The van der Waals surface area contributed by atoms with E-state index in [9.17, 15) is 27.2 Å². The predicted octanol–water partition coefficient (Wildman–Crippen LogP) is 4.22. The fourth-order valence-electron chi connectivity index (χ4n) is 2.84. The average Bonchev–Trinajstić information content (AvgIpc) is 2.64. The molecule has 0 aromatic heterocycles. The van der Waals surface area contributed by atoms with Crippen molar-refractivity contribution in [2.24, 2.45) is 5.92 Å². The molecule has 2 N–H and O–H groups in total. The number of alkyl halides is 3. The lowest BCUT2D eigenvalue weighted by molar-refractivity contribution is -0.138. The second-order valence-electron chi connectivity index (χ2n) is 7.03. The van der Waals surface area contributed by atoms with Gasteiger partial charge < -0.3 is 10.6 Å². The molecule has 2 amide bonds. The van der Waals surface area contributed by atoms with Crippen LogP contribution in [0.4, 0.5) is 17.6 Å². The van der Waals surface area contributed by atoms with Crippen LogP contribution in [0.3, 0.4) is 0 Å². The number of carbonyl (C=O) groups excluding carboxylic acids is 2. The summed E-state index contributed by atoms with van der Waals surface area (Å²) in [7, 11) is 0. The van der Waals surface area contributed by atoms with Gasteiger partial charge in [0, 0.05) is 12.1 Å². The molecule has 156 valence electrons. The Balaban J connectivity index is 2.13. The monoisotopic (exact) mass is 410 g/mol. The summed E-state index contributed by atoms with van der Waals surface area (Å²) in [5.74, 6) is -2.40. The van der Waals surface area contributed by atoms with Gasteiger partial charge in [0.25, 0.3) is 5.91 Å². The van der Waals surface area contributed by atoms with Crippen LogP contribution in [0.2, 0.25) is 0 Å². The maximum atomic E-state index is 13.2. The van der Waals surface area contributed by atoms with Crippen molar-refractivity contribution >= 4 is 11.8 Å². The van der Waals surface area contributed by atoms with Crippen LogP contribution in [0.15, 0.2) is 42.5 Å². The van der Waals surface area contributed by atoms with Gasteiger partial charge in [-0.05, 0) is 42.2 Å². The number of rotatable bonds is 6. The Bertz CT molecular complexity index is 894. The molecule has 0 aliphatic rings. The molecule has 8 heteroatoms. The van der Waals surface area contributed by atoms with Gasteiger partial charge in [0.15, 0.2) is 0 Å². The summed E-state index contributed by atoms with van der Waals surface area (Å²) in [4.78, 5) is 25.1. The Morgan fingerprint density at radius 3 is 2.31 bits per heavy atom. The van der Waals surface area contributed by atoms with E-state index in [0.717, 1.165) is 17.7 Å². The Hall–Kier alpha value is -2.90. The van der Waals surface area contributed by atoms with Gasteiger partial charge in [-0.25, -0.2) is 4.39 Å². The normalized spacial score (nSPS) is 12.6. The fourth-order valence-corrected chi connectivity index (χ4v) is 2.84. The van der Waals surface area contributed by atoms with Crippen LogP contribution < -0.4 is 10.6 Å². The zero-order valence-electron chi connectivity index (χ0n) is 16.2. The minimum absolute atomic E-state index is 0.264. The van der Waals surface area contributed by atoms with E-state index in [1.54, 1.807) is 45.0 Å². The lowest BCUT2D eigenvalue weighted by atomic mass is 10.0. The summed E-state index contributed by atoms with van der Waals surface area (Å²) >= 11 is 0. The Kier molecular flexibility index (Phi) is 7.00. The average molecular weight is 410 g/mol. The van der Waals surface area contributed by atoms with Crippen molar-refractivity contribution in [1.29, 1.82) is 0 Å². The summed E-state index contributed by atoms with van der Waals surface area (Å²) in [5.41, 5.74) is -0.277. The zero-order valence-corrected chi connectivity index (χ0v) is 16.2. The SMILES string of the molecule is Cc1ccccc1C(=O)NC(C(=O)NCc1ccc(F)cc1C(F)(F)F)C(C)C. The van der Waals surface area contributed by atoms with Gasteiger partial charge in [0.1, 0.15) is 11.9 Å². The molecule has 0 spiro atoms. The summed E-state index contributed by atoms with van der Waals surface area (Å²) < 4.78 is 52.5. The van der Waals surface area contributed by atoms with Gasteiger partial charge in [-0.1, -0.05) is 38.1 Å². The molecule has 1 unspecified atom stereocenters. The second kappa shape index (κ2) is 9.07. The number of aryl methyl sites for hydroxylation is 1. The van der Waals surface area contributed by atoms with Crippen LogP contribution in [-0.4, -0.2) is 17.9 Å². The summed E-state index contributed by atoms with van der Waals surface area (Å²) in [6.45, 7) is 4.73. The van der Waals surface area contributed by atoms with Crippen LogP contribution in [0.5, 0.6) is 0 Å². The second-order valence-corrected chi connectivity index (χ2v) is 7.03. The molecule has 0 heterocycles. The standard InChI is InChI=1S/C21H22F4N2O2/c1-12(2)18(27-19(28)16-7-5-4-6-13(16)3)20(29)26-11-14-8-9-15(22)10-17(14)21(23,24)25/h4-10,12,18H,11H2,1-3H3,(H,26,29)(H,27,28). The van der Waals surface area contributed by atoms with Crippen LogP contribution >= 0.6 is 0 Å². The number of amides is 2. The van der Waals surface area contributed by atoms with E-state index in [0.29, 0.717) is 11.6 Å². The third-order valence-electron chi connectivity index (χ3n) is 4.46. The van der Waals surface area contributed by atoms with E-state index in [4.69, 9.17) is 0 Å². The first kappa shape index (κ1) is 22.4. The van der Waals surface area contributed by atoms with Crippen LogP contribution in [0, 0.1) is 18.7 Å². The zero-order chi connectivity index (χ0) is 21.8. The number of carbonyl (C=O) groups is 2. The molecule has 0 bridgehead atoms. The molecule has 0 fully saturated rings. The first-order chi connectivity index (χ1) is 13.5. The lowest BCUT2D eigenvalue weighted by Crippen LogP contribution is -2.49. The number of halogens is 4. The van der Waals surface area contributed by atoms with Crippen molar-refractivity contribution < 1.29 is 27.2 Å². The van der Waals surface area contributed by atoms with Crippen molar-refractivity contribution in [1.82, 2.24) is 10.6 Å². The number of benzene rings is 2. The minimum atomic E-state index is -4.75. The predicted molar refractivity (Wildman–Crippen MR) is 101 cm³/mol. The maximum Gasteiger partial charge on any atom is 0.416 e. The molecule has 2 rings (SSSR count). The van der Waals surface area contributed by atoms with E-state index in [2.05, 4.69) is 10.6 Å². The van der Waals surface area contributed by atoms with Crippen molar-refractivity contribution in [3.8, 4) is 0 Å². The smallest absolute Gasteiger partial charge is 0.350 e. The summed E-state index contributed by atoms with van der Waals surface area (Å²) in [6, 6.07) is 8.17. The van der Waals surface area contributed by atoms with E-state index in [1.165, 1.54) is 0 Å². The highest BCUT2D eigenvalue weighted by molar-refractivity contribution is 5.98. The fraction of sp³-hybridized carbons (Fsp3) is 0.333. The van der Waals surface area contributed by atoms with E-state index in [-0.39, 0.29) is 11.5 Å². The minimum Gasteiger partial charge on any atom is -0.350 e. The van der Waals surface area contributed by atoms with E-state index in [1.807, 2.05) is 0 Å². The van der Waals surface area contributed by atoms with Crippen LogP contribution in [-0.2, 0) is 17.5 Å². The van der Waals surface area contributed by atoms with Gasteiger partial charge in [0.2, 0.25) is 5.91 Å². The molecule has 0 radical (unpaired) electrons. The van der Waals surface area contributed by atoms with E-state index < -0.39 is 42.0 Å². The highest BCUT2D eigenvalue weighted by Crippen LogP contribution is 2.32. The highest BCUT2D eigenvalue weighted by atomic mass is 19.4. The van der Waals surface area contributed by atoms with Crippen LogP contribution in [0.1, 0.15) is 40.9 Å². The Morgan fingerprint density at radius 2 is 1.72 bits per heavy atom. The largest absolute Gasteiger partial charge is 0.416 e. The molecule has 2 aromatic rings. The van der Waals surface area contributed by atoms with Gasteiger partial charge in [-0.3, -0.25) is 9.59 Å². The van der Waals surface area contributed by atoms with Gasteiger partial charge in [-0.15, -0.1) is 0 Å². The summed E-state index contributed by atoms with van der Waals surface area (Å²) in [5, 5.41) is 5.04. The topological polar surface area (TPSA) is 58.2 Å². The first-order valence-electron chi connectivity index (χ1n) is 9.00. The van der Waals surface area contributed by atoms with Crippen molar-refractivity contribution in [2.75, 3.05) is 0 Å². The molecule has 2 aromatic carbocycles. The lowest BCUT2D eigenvalue weighted by Gasteiger charge is -2.23. The van der Waals surface area contributed by atoms with Gasteiger partial charge >= 0.3 is 6.18 Å². The molecule has 0 aliphatic heterocycles. The molecule has 0 saturated carbocycles. The van der Waals surface area contributed by atoms with Gasteiger partial charge in [0.05, 0.1) is 5.56 Å². The first-order valence-corrected chi connectivity index (χ1v) is 9.00. The van der Waals surface area contributed by atoms with Crippen molar-refractivity contribution in [3.63, 3.8) is 0 Å². The molecule has 29 heavy (non-hydrogen) atoms. The molecular formula is C21H22F4N2O2. The van der Waals surface area contributed by atoms with Crippen molar-refractivity contribution in [3.05, 3.63) is 70.5 Å². The maximum absolute atomic E-state index is 13.2.